The number of rotatable bonds is 5. The molecule has 0 aliphatic rings. The molecule has 0 spiro atoms. The molecular weight excluding hydrogens is 255 g/mol. The largest absolute Gasteiger partial charge is 0.383 e. The number of benzene rings is 1. The fraction of sp³-hybridized carbons (Fsp3) is 0.333. The van der Waals surface area contributed by atoms with Crippen LogP contribution >= 0.6 is 0 Å². The summed E-state index contributed by atoms with van der Waals surface area (Å²) >= 11 is 0. The van der Waals surface area contributed by atoms with Crippen molar-refractivity contribution >= 4 is 11.6 Å². The Bertz CT molecular complexity index is 586. The Kier molecular flexibility index (Phi) is 4.50. The zero-order chi connectivity index (χ0) is 14.5. The van der Waals surface area contributed by atoms with Crippen molar-refractivity contribution in [2.45, 2.75) is 26.3 Å². The molecule has 5 heteroatoms. The highest BCUT2D eigenvalue weighted by Gasteiger charge is 2.14. The number of nitrogen functional groups attached to an aromatic ring is 1. The fourth-order valence-corrected chi connectivity index (χ4v) is 2.19. The summed E-state index contributed by atoms with van der Waals surface area (Å²) in [6, 6.07) is 6.75. The average Bonchev–Trinajstić information content (AvgIpc) is 2.43. The quantitative estimate of drug-likeness (QED) is 0.911. The number of hydrogen-bond acceptors (Lipinski definition) is 4. The molecule has 1 heterocycles. The molecule has 2 aromatic rings. The van der Waals surface area contributed by atoms with Crippen LogP contribution in [0.5, 0.6) is 0 Å². The first-order chi connectivity index (χ1) is 9.63. The van der Waals surface area contributed by atoms with Crippen molar-refractivity contribution in [3.8, 4) is 0 Å². The van der Waals surface area contributed by atoms with Crippen LogP contribution in [0.25, 0.3) is 0 Å². The van der Waals surface area contributed by atoms with Gasteiger partial charge >= 0.3 is 0 Å². The highest BCUT2D eigenvalue weighted by molar-refractivity contribution is 5.56. The van der Waals surface area contributed by atoms with Crippen molar-refractivity contribution in [1.29, 1.82) is 0 Å². The second-order valence-corrected chi connectivity index (χ2v) is 4.76. The van der Waals surface area contributed by atoms with Crippen LogP contribution < -0.4 is 10.6 Å². The third-order valence-electron chi connectivity index (χ3n) is 3.18. The minimum Gasteiger partial charge on any atom is -0.383 e. The lowest BCUT2D eigenvalue weighted by Gasteiger charge is -2.22. The van der Waals surface area contributed by atoms with Gasteiger partial charge in [0.25, 0.3) is 0 Å². The maximum absolute atomic E-state index is 13.7. The Hall–Kier alpha value is -2.17. The Morgan fingerprint density at radius 1 is 1.25 bits per heavy atom. The maximum Gasteiger partial charge on any atom is 0.137 e. The van der Waals surface area contributed by atoms with E-state index in [0.717, 1.165) is 24.2 Å². The molecule has 0 saturated carbocycles. The van der Waals surface area contributed by atoms with Crippen molar-refractivity contribution in [2.75, 3.05) is 17.7 Å². The molecule has 2 rings (SSSR count). The SMILES string of the molecule is CCCc1c(N)ncnc1N(C)Cc1ccccc1F. The first-order valence-electron chi connectivity index (χ1n) is 6.67. The van der Waals surface area contributed by atoms with E-state index in [1.54, 1.807) is 12.1 Å². The average molecular weight is 274 g/mol. The van der Waals surface area contributed by atoms with Gasteiger partial charge in [0.15, 0.2) is 0 Å². The highest BCUT2D eigenvalue weighted by atomic mass is 19.1. The van der Waals surface area contributed by atoms with Gasteiger partial charge in [0, 0.05) is 24.7 Å². The van der Waals surface area contributed by atoms with E-state index in [9.17, 15) is 4.39 Å². The van der Waals surface area contributed by atoms with Crippen molar-refractivity contribution in [1.82, 2.24) is 9.97 Å². The summed E-state index contributed by atoms with van der Waals surface area (Å²) in [5, 5.41) is 0. The van der Waals surface area contributed by atoms with Crippen LogP contribution in [0, 0.1) is 5.82 Å². The predicted octanol–water partition coefficient (Wildman–Crippen LogP) is 2.79. The predicted molar refractivity (Wildman–Crippen MR) is 78.9 cm³/mol. The van der Waals surface area contributed by atoms with Gasteiger partial charge in [-0.15, -0.1) is 0 Å². The smallest absolute Gasteiger partial charge is 0.137 e. The van der Waals surface area contributed by atoms with Crippen molar-refractivity contribution in [3.63, 3.8) is 0 Å². The van der Waals surface area contributed by atoms with Crippen LogP contribution in [0.4, 0.5) is 16.0 Å². The van der Waals surface area contributed by atoms with Gasteiger partial charge in [-0.2, -0.15) is 0 Å². The number of aromatic nitrogens is 2. The molecule has 106 valence electrons. The highest BCUT2D eigenvalue weighted by Crippen LogP contribution is 2.23. The maximum atomic E-state index is 13.7. The second kappa shape index (κ2) is 6.32. The van der Waals surface area contributed by atoms with Crippen LogP contribution in [0.2, 0.25) is 0 Å². The van der Waals surface area contributed by atoms with E-state index < -0.39 is 0 Å². The molecule has 20 heavy (non-hydrogen) atoms. The number of nitrogens with two attached hydrogens (primary N) is 1. The minimum absolute atomic E-state index is 0.210. The van der Waals surface area contributed by atoms with Crippen molar-refractivity contribution in [2.24, 2.45) is 0 Å². The minimum atomic E-state index is -0.210. The van der Waals surface area contributed by atoms with E-state index in [-0.39, 0.29) is 5.82 Å². The van der Waals surface area contributed by atoms with E-state index in [0.29, 0.717) is 17.9 Å². The van der Waals surface area contributed by atoms with Crippen molar-refractivity contribution in [3.05, 3.63) is 47.5 Å². The third-order valence-corrected chi connectivity index (χ3v) is 3.18. The lowest BCUT2D eigenvalue weighted by atomic mass is 10.1. The van der Waals surface area contributed by atoms with Crippen LogP contribution in [-0.4, -0.2) is 17.0 Å². The van der Waals surface area contributed by atoms with Crippen LogP contribution in [0.15, 0.2) is 30.6 Å². The van der Waals surface area contributed by atoms with Crippen LogP contribution in [-0.2, 0) is 13.0 Å². The molecule has 1 aromatic heterocycles. The van der Waals surface area contributed by atoms with Crippen LogP contribution in [0.1, 0.15) is 24.5 Å². The van der Waals surface area contributed by atoms with Gasteiger partial charge in [-0.3, -0.25) is 0 Å². The summed E-state index contributed by atoms with van der Waals surface area (Å²) in [5.74, 6) is 1.05. The Balaban J connectivity index is 2.27. The zero-order valence-electron chi connectivity index (χ0n) is 11.8. The summed E-state index contributed by atoms with van der Waals surface area (Å²) in [6.45, 7) is 2.52. The molecular formula is C15H19FN4. The van der Waals surface area contributed by atoms with Gasteiger partial charge in [-0.1, -0.05) is 31.5 Å². The molecule has 0 bridgehead atoms. The molecule has 0 saturated heterocycles. The Labute approximate surface area is 118 Å². The molecule has 0 fully saturated rings. The first-order valence-corrected chi connectivity index (χ1v) is 6.67. The number of halogens is 1. The van der Waals surface area contributed by atoms with Gasteiger partial charge in [0.2, 0.25) is 0 Å². The Morgan fingerprint density at radius 2 is 2.00 bits per heavy atom. The number of hydrogen-bond donors (Lipinski definition) is 1. The second-order valence-electron chi connectivity index (χ2n) is 4.76. The summed E-state index contributed by atoms with van der Waals surface area (Å²) in [5.41, 5.74) is 7.48. The number of anilines is 2. The molecule has 0 radical (unpaired) electrons. The molecule has 0 aliphatic carbocycles. The summed E-state index contributed by atoms with van der Waals surface area (Å²) in [4.78, 5) is 10.2. The normalized spacial score (nSPS) is 10.6. The Morgan fingerprint density at radius 3 is 2.70 bits per heavy atom. The summed E-state index contributed by atoms with van der Waals surface area (Å²) < 4.78 is 13.7. The molecule has 1 aromatic carbocycles. The number of nitrogens with zero attached hydrogens (tertiary/aromatic N) is 3. The molecule has 4 nitrogen and oxygen atoms in total. The summed E-state index contributed by atoms with van der Waals surface area (Å²) in [6.07, 6.45) is 3.21. The van der Waals surface area contributed by atoms with Gasteiger partial charge in [-0.25, -0.2) is 14.4 Å². The van der Waals surface area contributed by atoms with Crippen molar-refractivity contribution < 1.29 is 4.39 Å². The van der Waals surface area contributed by atoms with Gasteiger partial charge < -0.3 is 10.6 Å². The fourth-order valence-electron chi connectivity index (χ4n) is 2.19. The molecule has 0 aliphatic heterocycles. The topological polar surface area (TPSA) is 55.0 Å². The van der Waals surface area contributed by atoms with E-state index >= 15 is 0 Å². The van der Waals surface area contributed by atoms with E-state index in [1.165, 1.54) is 12.4 Å². The monoisotopic (exact) mass is 274 g/mol. The molecule has 0 amide bonds. The van der Waals surface area contributed by atoms with E-state index in [1.807, 2.05) is 18.0 Å². The lowest BCUT2D eigenvalue weighted by Crippen LogP contribution is -2.21. The lowest BCUT2D eigenvalue weighted by molar-refractivity contribution is 0.607. The zero-order valence-corrected chi connectivity index (χ0v) is 11.8. The van der Waals surface area contributed by atoms with Crippen LogP contribution in [0.3, 0.4) is 0 Å². The van der Waals surface area contributed by atoms with Gasteiger partial charge in [0.05, 0.1) is 0 Å². The molecule has 0 unspecified atom stereocenters. The molecule has 2 N–H and O–H groups in total. The third kappa shape index (κ3) is 3.04. The standard InChI is InChI=1S/C15H19FN4/c1-3-6-12-14(17)18-10-19-15(12)20(2)9-11-7-4-5-8-13(11)16/h4-5,7-8,10H,3,6,9H2,1-2H3,(H2,17,18,19). The van der Waals surface area contributed by atoms with Gasteiger partial charge in [-0.05, 0) is 12.5 Å². The molecule has 0 atom stereocenters. The van der Waals surface area contributed by atoms with E-state index in [2.05, 4.69) is 16.9 Å². The van der Waals surface area contributed by atoms with E-state index in [4.69, 9.17) is 5.73 Å². The van der Waals surface area contributed by atoms with Gasteiger partial charge in [0.1, 0.15) is 23.8 Å². The summed E-state index contributed by atoms with van der Waals surface area (Å²) in [7, 11) is 1.88. The first kappa shape index (κ1) is 14.2.